The quantitative estimate of drug-likeness (QED) is 0.863. The summed E-state index contributed by atoms with van der Waals surface area (Å²) in [5.41, 5.74) is 3.71. The SMILES string of the molecule is O=C(CCc1ccccc1)N1CCC2(CC1)OCc1ccccc12. The smallest absolute Gasteiger partial charge is 0.222 e. The van der Waals surface area contributed by atoms with Crippen molar-refractivity contribution in [2.24, 2.45) is 0 Å². The second-order valence-electron chi connectivity index (χ2n) is 6.81. The summed E-state index contributed by atoms with van der Waals surface area (Å²) in [7, 11) is 0. The summed E-state index contributed by atoms with van der Waals surface area (Å²) in [6.07, 6.45) is 3.22. The second kappa shape index (κ2) is 6.40. The van der Waals surface area contributed by atoms with Crippen LogP contribution in [0.3, 0.4) is 0 Å². The van der Waals surface area contributed by atoms with Crippen LogP contribution in [-0.2, 0) is 28.2 Å². The average Bonchev–Trinajstić information content (AvgIpc) is 3.00. The molecule has 4 rings (SSSR count). The van der Waals surface area contributed by atoms with Crippen LogP contribution in [0.2, 0.25) is 0 Å². The summed E-state index contributed by atoms with van der Waals surface area (Å²) in [6, 6.07) is 18.7. The fourth-order valence-corrected chi connectivity index (χ4v) is 3.97. The van der Waals surface area contributed by atoms with Crippen LogP contribution in [0, 0.1) is 0 Å². The highest BCUT2D eigenvalue weighted by Gasteiger charge is 2.42. The van der Waals surface area contributed by atoms with E-state index in [-0.39, 0.29) is 11.5 Å². The summed E-state index contributed by atoms with van der Waals surface area (Å²) in [6.45, 7) is 2.29. The predicted molar refractivity (Wildman–Crippen MR) is 93.5 cm³/mol. The lowest BCUT2D eigenvalue weighted by Gasteiger charge is -2.39. The Kier molecular flexibility index (Phi) is 4.11. The van der Waals surface area contributed by atoms with Crippen LogP contribution in [0.1, 0.15) is 36.0 Å². The molecule has 124 valence electrons. The maximum Gasteiger partial charge on any atom is 0.222 e. The van der Waals surface area contributed by atoms with E-state index in [9.17, 15) is 4.79 Å². The molecule has 2 aromatic carbocycles. The number of likely N-dealkylation sites (tertiary alicyclic amines) is 1. The number of hydrogen-bond donors (Lipinski definition) is 0. The van der Waals surface area contributed by atoms with E-state index < -0.39 is 0 Å². The van der Waals surface area contributed by atoms with Gasteiger partial charge in [0, 0.05) is 19.5 Å². The Morgan fingerprint density at radius 1 is 1.00 bits per heavy atom. The normalized spacial score (nSPS) is 18.6. The van der Waals surface area contributed by atoms with Crippen molar-refractivity contribution >= 4 is 5.91 Å². The number of ether oxygens (including phenoxy) is 1. The van der Waals surface area contributed by atoms with Gasteiger partial charge < -0.3 is 9.64 Å². The zero-order valence-corrected chi connectivity index (χ0v) is 13.9. The number of aryl methyl sites for hydroxylation is 1. The number of hydrogen-bond acceptors (Lipinski definition) is 2. The molecular weight excluding hydrogens is 298 g/mol. The zero-order chi connectivity index (χ0) is 16.4. The standard InChI is InChI=1S/C21H23NO2/c23-20(11-10-17-6-2-1-3-7-17)22-14-12-21(13-15-22)19-9-5-4-8-18(19)16-24-21/h1-9H,10-16H2. The third-order valence-corrected chi connectivity index (χ3v) is 5.41. The van der Waals surface area contributed by atoms with E-state index in [0.717, 1.165) is 32.4 Å². The monoisotopic (exact) mass is 321 g/mol. The first-order valence-electron chi connectivity index (χ1n) is 8.81. The van der Waals surface area contributed by atoms with Gasteiger partial charge in [-0.1, -0.05) is 54.6 Å². The largest absolute Gasteiger partial charge is 0.365 e. The van der Waals surface area contributed by atoms with E-state index in [1.165, 1.54) is 16.7 Å². The molecule has 0 aliphatic carbocycles. The number of nitrogens with zero attached hydrogens (tertiary/aromatic N) is 1. The minimum Gasteiger partial charge on any atom is -0.365 e. The van der Waals surface area contributed by atoms with Crippen molar-refractivity contribution in [2.45, 2.75) is 37.9 Å². The Hall–Kier alpha value is -2.13. The van der Waals surface area contributed by atoms with E-state index in [4.69, 9.17) is 4.74 Å². The van der Waals surface area contributed by atoms with Gasteiger partial charge in [0.25, 0.3) is 0 Å². The van der Waals surface area contributed by atoms with Gasteiger partial charge in [0.2, 0.25) is 5.91 Å². The van der Waals surface area contributed by atoms with Gasteiger partial charge in [-0.05, 0) is 36.0 Å². The van der Waals surface area contributed by atoms with E-state index in [0.29, 0.717) is 13.0 Å². The predicted octanol–water partition coefficient (Wildman–Crippen LogP) is 3.67. The molecule has 1 fully saturated rings. The molecule has 3 nitrogen and oxygen atoms in total. The molecule has 0 N–H and O–H groups in total. The molecule has 1 saturated heterocycles. The highest BCUT2D eigenvalue weighted by Crippen LogP contribution is 2.43. The minimum atomic E-state index is -0.160. The maximum absolute atomic E-state index is 12.5. The van der Waals surface area contributed by atoms with Crippen LogP contribution in [0.4, 0.5) is 0 Å². The minimum absolute atomic E-state index is 0.160. The van der Waals surface area contributed by atoms with Crippen molar-refractivity contribution in [3.05, 3.63) is 71.3 Å². The molecule has 1 spiro atoms. The van der Waals surface area contributed by atoms with Gasteiger partial charge in [0.15, 0.2) is 0 Å². The van der Waals surface area contributed by atoms with Crippen LogP contribution in [0.5, 0.6) is 0 Å². The fourth-order valence-electron chi connectivity index (χ4n) is 3.97. The number of benzene rings is 2. The van der Waals surface area contributed by atoms with Crippen LogP contribution in [0.25, 0.3) is 0 Å². The first-order chi connectivity index (χ1) is 11.8. The van der Waals surface area contributed by atoms with E-state index in [1.54, 1.807) is 0 Å². The molecule has 0 atom stereocenters. The van der Waals surface area contributed by atoms with Crippen molar-refractivity contribution in [2.75, 3.05) is 13.1 Å². The molecule has 2 heterocycles. The van der Waals surface area contributed by atoms with Gasteiger partial charge >= 0.3 is 0 Å². The highest BCUT2D eigenvalue weighted by molar-refractivity contribution is 5.76. The summed E-state index contributed by atoms with van der Waals surface area (Å²) >= 11 is 0. The van der Waals surface area contributed by atoms with Gasteiger partial charge in [-0.25, -0.2) is 0 Å². The first kappa shape index (κ1) is 15.4. The van der Waals surface area contributed by atoms with Crippen molar-refractivity contribution in [3.8, 4) is 0 Å². The molecule has 0 unspecified atom stereocenters. The summed E-state index contributed by atoms with van der Waals surface area (Å²) in [4.78, 5) is 14.5. The number of rotatable bonds is 3. The van der Waals surface area contributed by atoms with Crippen LogP contribution < -0.4 is 0 Å². The van der Waals surface area contributed by atoms with Crippen LogP contribution in [0.15, 0.2) is 54.6 Å². The lowest BCUT2D eigenvalue weighted by atomic mass is 9.83. The first-order valence-corrected chi connectivity index (χ1v) is 8.81. The van der Waals surface area contributed by atoms with Gasteiger partial charge in [-0.15, -0.1) is 0 Å². The second-order valence-corrected chi connectivity index (χ2v) is 6.81. The Balaban J connectivity index is 1.36. The Bertz CT molecular complexity index is 718. The van der Waals surface area contributed by atoms with Crippen molar-refractivity contribution in [1.82, 2.24) is 4.90 Å². The van der Waals surface area contributed by atoms with Crippen molar-refractivity contribution in [3.63, 3.8) is 0 Å². The molecule has 2 aliphatic rings. The zero-order valence-electron chi connectivity index (χ0n) is 13.9. The van der Waals surface area contributed by atoms with Gasteiger partial charge in [-0.3, -0.25) is 4.79 Å². The molecule has 0 aromatic heterocycles. The molecule has 2 aromatic rings. The van der Waals surface area contributed by atoms with Gasteiger partial charge in [0.1, 0.15) is 0 Å². The lowest BCUT2D eigenvalue weighted by molar-refractivity contribution is -0.138. The Labute approximate surface area is 143 Å². The maximum atomic E-state index is 12.5. The van der Waals surface area contributed by atoms with Crippen LogP contribution in [-0.4, -0.2) is 23.9 Å². The third-order valence-electron chi connectivity index (χ3n) is 5.41. The molecule has 1 amide bonds. The summed E-state index contributed by atoms with van der Waals surface area (Å²) < 4.78 is 6.17. The van der Waals surface area contributed by atoms with Crippen molar-refractivity contribution < 1.29 is 9.53 Å². The number of amides is 1. The van der Waals surface area contributed by atoms with Crippen LogP contribution >= 0.6 is 0 Å². The Morgan fingerprint density at radius 3 is 2.50 bits per heavy atom. The summed E-state index contributed by atoms with van der Waals surface area (Å²) in [5.74, 6) is 0.264. The van der Waals surface area contributed by atoms with Crippen molar-refractivity contribution in [1.29, 1.82) is 0 Å². The molecule has 24 heavy (non-hydrogen) atoms. The number of carbonyl (C=O) groups excluding carboxylic acids is 1. The fraction of sp³-hybridized carbons (Fsp3) is 0.381. The molecular formula is C21H23NO2. The van der Waals surface area contributed by atoms with E-state index in [1.807, 2.05) is 23.1 Å². The number of carbonyl (C=O) groups is 1. The molecule has 2 aliphatic heterocycles. The van der Waals surface area contributed by atoms with Gasteiger partial charge in [-0.2, -0.15) is 0 Å². The average molecular weight is 321 g/mol. The topological polar surface area (TPSA) is 29.5 Å². The number of piperidine rings is 1. The molecule has 3 heteroatoms. The van der Waals surface area contributed by atoms with Gasteiger partial charge in [0.05, 0.1) is 12.2 Å². The summed E-state index contributed by atoms with van der Waals surface area (Å²) in [5, 5.41) is 0. The highest BCUT2D eigenvalue weighted by atomic mass is 16.5. The molecule has 0 saturated carbocycles. The number of fused-ring (bicyclic) bond motifs is 2. The van der Waals surface area contributed by atoms with E-state index >= 15 is 0 Å². The Morgan fingerprint density at radius 2 is 1.71 bits per heavy atom. The third kappa shape index (κ3) is 2.84. The lowest BCUT2D eigenvalue weighted by Crippen LogP contribution is -2.45. The van der Waals surface area contributed by atoms with E-state index in [2.05, 4.69) is 36.4 Å². The molecule has 0 radical (unpaired) electrons. The molecule has 0 bridgehead atoms.